The molecule has 9 heteroatoms. The summed E-state index contributed by atoms with van der Waals surface area (Å²) in [5.74, 6) is -0.670. The van der Waals surface area contributed by atoms with E-state index < -0.39 is 27.9 Å². The van der Waals surface area contributed by atoms with Crippen molar-refractivity contribution in [3.8, 4) is 11.1 Å². The van der Waals surface area contributed by atoms with Crippen molar-refractivity contribution in [2.45, 2.75) is 116 Å². The van der Waals surface area contributed by atoms with E-state index in [9.17, 15) is 18.8 Å². The van der Waals surface area contributed by atoms with Gasteiger partial charge in [0.25, 0.3) is 5.56 Å². The molecule has 0 aliphatic carbocycles. The van der Waals surface area contributed by atoms with Crippen molar-refractivity contribution in [3.05, 3.63) is 69.2 Å². The van der Waals surface area contributed by atoms with Crippen LogP contribution in [-0.4, -0.2) is 28.2 Å². The first-order valence-corrected chi connectivity index (χ1v) is 15.8. The highest BCUT2D eigenvalue weighted by Gasteiger charge is 2.46. The summed E-state index contributed by atoms with van der Waals surface area (Å²) in [4.78, 5) is 37.9. The van der Waals surface area contributed by atoms with Crippen molar-refractivity contribution >= 4 is 16.9 Å². The van der Waals surface area contributed by atoms with Crippen molar-refractivity contribution in [2.75, 3.05) is 6.61 Å². The highest BCUT2D eigenvalue weighted by atomic mass is 19.1. The first-order valence-electron chi connectivity index (χ1n) is 15.8. The molecule has 2 heterocycles. The number of carbonyl (C=O) groups excluding carboxylic acids is 1. The smallest absolute Gasteiger partial charge is 0.344 e. The number of fused-ring (bicyclic) bond motifs is 1. The van der Waals surface area contributed by atoms with Crippen molar-refractivity contribution < 1.29 is 18.3 Å². The molecule has 0 spiro atoms. The number of pyridine rings is 1. The van der Waals surface area contributed by atoms with Gasteiger partial charge in [-0.15, -0.1) is 0 Å². The topological polar surface area (TPSA) is 131 Å². The molecule has 1 unspecified atom stereocenters. The molecule has 1 aromatic carbocycles. The van der Waals surface area contributed by atoms with Crippen LogP contribution in [0.1, 0.15) is 98.8 Å². The number of rotatable bonds is 17. The van der Waals surface area contributed by atoms with Crippen molar-refractivity contribution in [3.63, 3.8) is 0 Å². The van der Waals surface area contributed by atoms with E-state index in [0.29, 0.717) is 41.7 Å². The van der Waals surface area contributed by atoms with E-state index in [1.54, 1.807) is 16.8 Å². The van der Waals surface area contributed by atoms with E-state index in [0.717, 1.165) is 57.8 Å². The van der Waals surface area contributed by atoms with Crippen LogP contribution in [0.15, 0.2) is 56.6 Å². The maximum absolute atomic E-state index is 13.3. The monoisotopic (exact) mass is 611 g/mol. The number of unbranched alkanes of at least 4 members (excludes halogenated alkanes) is 8. The Morgan fingerprint density at radius 1 is 0.864 bits per heavy atom. The summed E-state index contributed by atoms with van der Waals surface area (Å²) in [5, 5.41) is 0.539. The largest absolute Gasteiger partial charge is 0.465 e. The number of aryl methyl sites for hydroxylation is 1. The molecule has 4 N–H and O–H groups in total. The molecule has 0 aliphatic rings. The number of benzene rings is 1. The van der Waals surface area contributed by atoms with Crippen LogP contribution in [0.5, 0.6) is 0 Å². The lowest BCUT2D eigenvalue weighted by Crippen LogP contribution is -2.59. The summed E-state index contributed by atoms with van der Waals surface area (Å²) >= 11 is 0. The minimum absolute atomic E-state index is 0.151. The van der Waals surface area contributed by atoms with Gasteiger partial charge >= 0.3 is 11.6 Å². The molecule has 0 bridgehead atoms. The maximum atomic E-state index is 13.3. The second-order valence-electron chi connectivity index (χ2n) is 13.6. The van der Waals surface area contributed by atoms with Crippen LogP contribution in [0.2, 0.25) is 0 Å². The first-order chi connectivity index (χ1) is 20.6. The van der Waals surface area contributed by atoms with E-state index in [-0.39, 0.29) is 11.5 Å². The molecule has 44 heavy (non-hydrogen) atoms. The predicted molar refractivity (Wildman–Crippen MR) is 174 cm³/mol. The quantitative estimate of drug-likeness (QED) is 0.128. The lowest BCUT2D eigenvalue weighted by molar-refractivity contribution is -0.158. The SMILES string of the molecule is CC(C)(N)CC(C)(N)C(C)(C)C(=O)OCCCCCCCCCCCn1cc2oc(=O)c(-c3ccc(F)cc3)cc2cc1=O. The summed E-state index contributed by atoms with van der Waals surface area (Å²) in [6.45, 7) is 10.3. The van der Waals surface area contributed by atoms with Gasteiger partial charge in [0.15, 0.2) is 5.58 Å². The molecule has 0 fully saturated rings. The van der Waals surface area contributed by atoms with Crippen LogP contribution >= 0.6 is 0 Å². The molecule has 3 aromatic rings. The van der Waals surface area contributed by atoms with E-state index >= 15 is 0 Å². The lowest BCUT2D eigenvalue weighted by atomic mass is 9.68. The van der Waals surface area contributed by atoms with E-state index in [2.05, 4.69) is 0 Å². The molecule has 8 nitrogen and oxygen atoms in total. The second-order valence-corrected chi connectivity index (χ2v) is 13.6. The zero-order valence-electron chi connectivity index (χ0n) is 27.0. The Hall–Kier alpha value is -3.30. The number of carbonyl (C=O) groups is 1. The fourth-order valence-electron chi connectivity index (χ4n) is 5.51. The Kier molecular flexibility index (Phi) is 12.1. The zero-order valence-corrected chi connectivity index (χ0v) is 27.0. The minimum atomic E-state index is -0.836. The minimum Gasteiger partial charge on any atom is -0.465 e. The Bertz CT molecular complexity index is 1500. The van der Waals surface area contributed by atoms with Crippen LogP contribution in [-0.2, 0) is 16.1 Å². The van der Waals surface area contributed by atoms with Crippen LogP contribution in [0.25, 0.3) is 22.1 Å². The summed E-state index contributed by atoms with van der Waals surface area (Å²) in [5.41, 5.74) is 11.0. The molecule has 1 atom stereocenters. The van der Waals surface area contributed by atoms with Gasteiger partial charge in [-0.2, -0.15) is 0 Å². The summed E-state index contributed by atoms with van der Waals surface area (Å²) in [7, 11) is 0. The van der Waals surface area contributed by atoms with Gasteiger partial charge in [0, 0.05) is 29.1 Å². The van der Waals surface area contributed by atoms with Gasteiger partial charge in [0.2, 0.25) is 0 Å². The van der Waals surface area contributed by atoms with Gasteiger partial charge in [-0.3, -0.25) is 9.59 Å². The van der Waals surface area contributed by atoms with Crippen LogP contribution in [0, 0.1) is 11.2 Å². The summed E-state index contributed by atoms with van der Waals surface area (Å²) in [6, 6.07) is 8.69. The molecule has 242 valence electrons. The number of ether oxygens (including phenoxy) is 1. The number of halogens is 1. The highest BCUT2D eigenvalue weighted by molar-refractivity contribution is 5.81. The Morgan fingerprint density at radius 2 is 1.43 bits per heavy atom. The van der Waals surface area contributed by atoms with Gasteiger partial charge in [-0.1, -0.05) is 57.1 Å². The number of esters is 1. The van der Waals surface area contributed by atoms with Gasteiger partial charge in [-0.05, 0) is 77.6 Å². The van der Waals surface area contributed by atoms with Crippen molar-refractivity contribution in [1.82, 2.24) is 4.57 Å². The fraction of sp³-hybridized carbons (Fsp3) is 0.571. The van der Waals surface area contributed by atoms with E-state index in [1.807, 2.05) is 34.6 Å². The van der Waals surface area contributed by atoms with Crippen LogP contribution in [0.4, 0.5) is 4.39 Å². The number of aromatic nitrogens is 1. The average molecular weight is 612 g/mol. The molecule has 2 aromatic heterocycles. The third kappa shape index (κ3) is 9.86. The molecule has 0 amide bonds. The zero-order chi connectivity index (χ0) is 32.5. The average Bonchev–Trinajstić information content (AvgIpc) is 2.92. The van der Waals surface area contributed by atoms with Gasteiger partial charge in [-0.25, -0.2) is 9.18 Å². The van der Waals surface area contributed by atoms with E-state index in [4.69, 9.17) is 20.6 Å². The second kappa shape index (κ2) is 15.1. The predicted octanol–water partition coefficient (Wildman–Crippen LogP) is 6.69. The van der Waals surface area contributed by atoms with Gasteiger partial charge in [0.1, 0.15) is 5.82 Å². The molecule has 0 radical (unpaired) electrons. The first kappa shape index (κ1) is 35.2. The van der Waals surface area contributed by atoms with Crippen molar-refractivity contribution in [2.24, 2.45) is 16.9 Å². The summed E-state index contributed by atoms with van der Waals surface area (Å²) < 4.78 is 25.9. The Morgan fingerprint density at radius 3 is 2.02 bits per heavy atom. The highest BCUT2D eigenvalue weighted by Crippen LogP contribution is 2.35. The van der Waals surface area contributed by atoms with Crippen LogP contribution in [0.3, 0.4) is 0 Å². The summed E-state index contributed by atoms with van der Waals surface area (Å²) in [6.07, 6.45) is 11.4. The number of hydrogen-bond donors (Lipinski definition) is 2. The Labute approximate surface area is 260 Å². The molecule has 0 aliphatic heterocycles. The van der Waals surface area contributed by atoms with Gasteiger partial charge < -0.3 is 25.2 Å². The standard InChI is InChI=1S/C35H50FN3O5/c1-33(2,37)24-35(5,38)34(3,4)32(42)43-20-14-12-10-8-6-7-9-11-13-19-39-23-29-26(22-30(39)40)21-28(31(41)44-29)25-15-17-27(36)18-16-25/h15-18,21-23H,6-14,19-20,24,37-38H2,1-5H3. The van der Waals surface area contributed by atoms with Crippen LogP contribution < -0.4 is 22.7 Å². The number of nitrogens with zero attached hydrogens (tertiary/aromatic N) is 1. The Balaban J connectivity index is 1.31. The maximum Gasteiger partial charge on any atom is 0.344 e. The normalized spacial score (nSPS) is 13.6. The lowest BCUT2D eigenvalue weighted by Gasteiger charge is -2.42. The molecular weight excluding hydrogens is 561 g/mol. The molecule has 0 saturated carbocycles. The fourth-order valence-corrected chi connectivity index (χ4v) is 5.51. The van der Waals surface area contributed by atoms with E-state index in [1.165, 1.54) is 30.3 Å². The van der Waals surface area contributed by atoms with Crippen molar-refractivity contribution in [1.29, 1.82) is 0 Å². The third-order valence-corrected chi connectivity index (χ3v) is 8.53. The number of nitrogens with two attached hydrogens (primary N) is 2. The molecule has 3 rings (SSSR count). The van der Waals surface area contributed by atoms with Gasteiger partial charge in [0.05, 0.1) is 23.8 Å². The number of hydrogen-bond acceptors (Lipinski definition) is 7. The molecule has 0 saturated heterocycles. The third-order valence-electron chi connectivity index (χ3n) is 8.53. The molecular formula is C35H50FN3O5.